The Kier molecular flexibility index (Phi) is 9.60. The van der Waals surface area contributed by atoms with Crippen molar-refractivity contribution in [3.63, 3.8) is 0 Å². The lowest BCUT2D eigenvalue weighted by atomic mass is 10.1. The molecule has 0 radical (unpaired) electrons. The SMILES string of the molecule is CN(C)C(=O)Cc1ccc(NC(=O)CCCC(=O)Nc2ccc(CC(=O)N(C)C)cc2)cc1. The largest absolute Gasteiger partial charge is 0.349 e. The van der Waals surface area contributed by atoms with Crippen molar-refractivity contribution in [3.05, 3.63) is 59.7 Å². The van der Waals surface area contributed by atoms with Gasteiger partial charge in [0, 0.05) is 52.4 Å². The van der Waals surface area contributed by atoms with E-state index in [2.05, 4.69) is 10.6 Å². The van der Waals surface area contributed by atoms with E-state index in [1.54, 1.807) is 52.5 Å². The molecule has 176 valence electrons. The van der Waals surface area contributed by atoms with Crippen molar-refractivity contribution in [2.24, 2.45) is 0 Å². The summed E-state index contributed by atoms with van der Waals surface area (Å²) in [5.41, 5.74) is 3.05. The van der Waals surface area contributed by atoms with Crippen LogP contribution in [0.1, 0.15) is 30.4 Å². The number of rotatable bonds is 10. The van der Waals surface area contributed by atoms with Crippen molar-refractivity contribution >= 4 is 35.0 Å². The molecule has 0 saturated heterocycles. The molecule has 0 bridgehead atoms. The average Bonchev–Trinajstić information content (AvgIpc) is 2.76. The van der Waals surface area contributed by atoms with Gasteiger partial charge in [-0.2, -0.15) is 0 Å². The first kappa shape index (κ1) is 25.6. The quantitative estimate of drug-likeness (QED) is 0.579. The van der Waals surface area contributed by atoms with E-state index in [1.807, 2.05) is 24.3 Å². The summed E-state index contributed by atoms with van der Waals surface area (Å²) in [5, 5.41) is 5.60. The number of benzene rings is 2. The van der Waals surface area contributed by atoms with Crippen LogP contribution in [0.2, 0.25) is 0 Å². The number of hydrogen-bond donors (Lipinski definition) is 2. The van der Waals surface area contributed by atoms with Gasteiger partial charge in [0.1, 0.15) is 0 Å². The topological polar surface area (TPSA) is 98.8 Å². The predicted octanol–water partition coefficient (Wildman–Crippen LogP) is 2.70. The number of nitrogens with zero attached hydrogens (tertiary/aromatic N) is 2. The first-order chi connectivity index (χ1) is 15.6. The van der Waals surface area contributed by atoms with E-state index in [0.717, 1.165) is 11.1 Å². The minimum absolute atomic E-state index is 0.0143. The van der Waals surface area contributed by atoms with E-state index >= 15 is 0 Å². The van der Waals surface area contributed by atoms with Gasteiger partial charge in [-0.3, -0.25) is 19.2 Å². The van der Waals surface area contributed by atoms with Crippen molar-refractivity contribution in [1.29, 1.82) is 0 Å². The van der Waals surface area contributed by atoms with E-state index < -0.39 is 0 Å². The molecule has 8 nitrogen and oxygen atoms in total. The zero-order valence-electron chi connectivity index (χ0n) is 19.7. The fourth-order valence-electron chi connectivity index (χ4n) is 2.93. The molecular formula is C25H32N4O4. The van der Waals surface area contributed by atoms with Crippen LogP contribution in [0.3, 0.4) is 0 Å². The molecule has 0 aliphatic rings. The highest BCUT2D eigenvalue weighted by Gasteiger charge is 2.09. The molecule has 0 unspecified atom stereocenters. The Bertz CT molecular complexity index is 887. The average molecular weight is 453 g/mol. The van der Waals surface area contributed by atoms with Crippen molar-refractivity contribution < 1.29 is 19.2 Å². The summed E-state index contributed by atoms with van der Waals surface area (Å²) < 4.78 is 0. The number of hydrogen-bond acceptors (Lipinski definition) is 4. The number of carbonyl (C=O) groups excluding carboxylic acids is 4. The summed E-state index contributed by atoms with van der Waals surface area (Å²) in [6.45, 7) is 0. The maximum atomic E-state index is 12.1. The number of carbonyl (C=O) groups is 4. The van der Waals surface area contributed by atoms with Crippen LogP contribution in [-0.2, 0) is 32.0 Å². The Morgan fingerprint density at radius 3 is 1.24 bits per heavy atom. The number of anilines is 2. The van der Waals surface area contributed by atoms with Gasteiger partial charge in [0.2, 0.25) is 23.6 Å². The maximum absolute atomic E-state index is 12.1. The second kappa shape index (κ2) is 12.4. The summed E-state index contributed by atoms with van der Waals surface area (Å²) in [6.07, 6.45) is 1.49. The third-order valence-corrected chi connectivity index (χ3v) is 4.99. The number of nitrogens with one attached hydrogen (secondary N) is 2. The Hall–Kier alpha value is -3.68. The molecule has 0 aromatic heterocycles. The Labute approximate surface area is 194 Å². The van der Waals surface area contributed by atoms with Crippen molar-refractivity contribution in [2.45, 2.75) is 32.1 Å². The van der Waals surface area contributed by atoms with Gasteiger partial charge in [0.15, 0.2) is 0 Å². The second-order valence-electron chi connectivity index (χ2n) is 8.27. The number of amides is 4. The molecule has 0 heterocycles. The van der Waals surface area contributed by atoms with Crippen molar-refractivity contribution in [2.75, 3.05) is 38.8 Å². The molecule has 0 aliphatic heterocycles. The van der Waals surface area contributed by atoms with Crippen molar-refractivity contribution in [1.82, 2.24) is 9.80 Å². The highest BCUT2D eigenvalue weighted by atomic mass is 16.2. The van der Waals surface area contributed by atoms with Crippen molar-refractivity contribution in [3.8, 4) is 0 Å². The van der Waals surface area contributed by atoms with Gasteiger partial charge >= 0.3 is 0 Å². The molecule has 2 aromatic rings. The molecule has 2 aromatic carbocycles. The first-order valence-electron chi connectivity index (χ1n) is 10.8. The normalized spacial score (nSPS) is 10.3. The van der Waals surface area contributed by atoms with Crippen LogP contribution >= 0.6 is 0 Å². The van der Waals surface area contributed by atoms with Crippen LogP contribution in [0.4, 0.5) is 11.4 Å². The van der Waals surface area contributed by atoms with Gasteiger partial charge in [-0.05, 0) is 41.8 Å². The maximum Gasteiger partial charge on any atom is 0.226 e. The first-order valence-corrected chi connectivity index (χ1v) is 10.8. The fourth-order valence-corrected chi connectivity index (χ4v) is 2.93. The zero-order valence-corrected chi connectivity index (χ0v) is 19.7. The Balaban J connectivity index is 1.71. The van der Waals surface area contributed by atoms with Gasteiger partial charge in [0.25, 0.3) is 0 Å². The van der Waals surface area contributed by atoms with Crippen LogP contribution in [0.5, 0.6) is 0 Å². The van der Waals surface area contributed by atoms with Gasteiger partial charge in [-0.15, -0.1) is 0 Å². The lowest BCUT2D eigenvalue weighted by Crippen LogP contribution is -2.23. The molecule has 0 saturated carbocycles. The molecule has 0 spiro atoms. The monoisotopic (exact) mass is 452 g/mol. The Morgan fingerprint density at radius 2 is 0.939 bits per heavy atom. The van der Waals surface area contributed by atoms with E-state index in [9.17, 15) is 19.2 Å². The molecule has 2 N–H and O–H groups in total. The zero-order chi connectivity index (χ0) is 24.4. The third-order valence-electron chi connectivity index (χ3n) is 4.99. The summed E-state index contributed by atoms with van der Waals surface area (Å²) in [6, 6.07) is 14.3. The lowest BCUT2D eigenvalue weighted by Gasteiger charge is -2.11. The Morgan fingerprint density at radius 1 is 0.606 bits per heavy atom. The van der Waals surface area contributed by atoms with Crippen LogP contribution < -0.4 is 10.6 Å². The molecular weight excluding hydrogens is 420 g/mol. The summed E-state index contributed by atoms with van der Waals surface area (Å²) in [7, 11) is 6.85. The third kappa shape index (κ3) is 9.14. The van der Waals surface area contributed by atoms with Crippen LogP contribution in [-0.4, -0.2) is 61.6 Å². The molecule has 0 aliphatic carbocycles. The van der Waals surface area contributed by atoms with Gasteiger partial charge in [-0.25, -0.2) is 0 Å². The standard InChI is InChI=1S/C25H32N4O4/c1-28(2)24(32)16-18-8-12-20(13-9-18)26-22(30)6-5-7-23(31)27-21-14-10-19(11-15-21)17-25(33)29(3)4/h8-15H,5-7,16-17H2,1-4H3,(H,26,30)(H,27,31). The molecule has 0 fully saturated rings. The van der Waals surface area contributed by atoms with Gasteiger partial charge in [-0.1, -0.05) is 24.3 Å². The van der Waals surface area contributed by atoms with Gasteiger partial charge < -0.3 is 20.4 Å². The van der Waals surface area contributed by atoms with E-state index in [1.165, 1.54) is 9.80 Å². The summed E-state index contributed by atoms with van der Waals surface area (Å²) in [4.78, 5) is 50.9. The summed E-state index contributed by atoms with van der Waals surface area (Å²) in [5.74, 6) is -0.314. The molecule has 33 heavy (non-hydrogen) atoms. The highest BCUT2D eigenvalue weighted by Crippen LogP contribution is 2.13. The molecule has 8 heteroatoms. The molecule has 4 amide bonds. The molecule has 0 atom stereocenters. The minimum Gasteiger partial charge on any atom is -0.349 e. The van der Waals surface area contributed by atoms with E-state index in [4.69, 9.17) is 0 Å². The second-order valence-corrected chi connectivity index (χ2v) is 8.27. The highest BCUT2D eigenvalue weighted by molar-refractivity contribution is 5.93. The van der Waals surface area contributed by atoms with E-state index in [-0.39, 0.29) is 36.5 Å². The van der Waals surface area contributed by atoms with E-state index in [0.29, 0.717) is 30.6 Å². The van der Waals surface area contributed by atoms with Crippen LogP contribution in [0.25, 0.3) is 0 Å². The van der Waals surface area contributed by atoms with Crippen LogP contribution in [0.15, 0.2) is 48.5 Å². The minimum atomic E-state index is -0.171. The lowest BCUT2D eigenvalue weighted by molar-refractivity contribution is -0.128. The molecule has 2 rings (SSSR count). The smallest absolute Gasteiger partial charge is 0.226 e. The van der Waals surface area contributed by atoms with Crippen LogP contribution in [0, 0.1) is 0 Å². The fraction of sp³-hybridized carbons (Fsp3) is 0.360. The van der Waals surface area contributed by atoms with Gasteiger partial charge in [0.05, 0.1) is 12.8 Å². The number of likely N-dealkylation sites (N-methyl/N-ethyl adjacent to an activating group) is 2. The predicted molar refractivity (Wildman–Crippen MR) is 129 cm³/mol. The summed E-state index contributed by atoms with van der Waals surface area (Å²) >= 11 is 0.